The molecule has 2 aromatic rings. The van der Waals surface area contributed by atoms with Gasteiger partial charge >= 0.3 is 0 Å². The monoisotopic (exact) mass is 638 g/mol. The molecule has 8 heteroatoms. The zero-order chi connectivity index (χ0) is 32.2. The fraction of sp³-hybridized carbons (Fsp3) is 0.270. The number of nitrogens with zero attached hydrogens (tertiary/aromatic N) is 2. The SMILES string of the molecule is C#CC1C=CC2=C3C1=CC=C1C=CC(C)=C(CC2=C2c4c(sc(C)[n+]4CC)C=CC2c2ccc(N(C)C)cc2)C13.[O-][Cl+3]([O-])([O-])[O-]. The highest BCUT2D eigenvalue weighted by Gasteiger charge is 2.43. The summed E-state index contributed by atoms with van der Waals surface area (Å²) in [5.41, 5.74) is 15.3. The average molecular weight is 639 g/mol. The van der Waals surface area contributed by atoms with Gasteiger partial charge in [-0.05, 0) is 71.9 Å². The van der Waals surface area contributed by atoms with E-state index >= 15 is 0 Å². The first-order chi connectivity index (χ1) is 21.4. The highest BCUT2D eigenvalue weighted by molar-refractivity contribution is 7.12. The van der Waals surface area contributed by atoms with Gasteiger partial charge < -0.3 is 4.90 Å². The van der Waals surface area contributed by atoms with E-state index < -0.39 is 10.2 Å². The summed E-state index contributed by atoms with van der Waals surface area (Å²) in [5, 5.41) is 1.36. The average Bonchev–Trinajstić information content (AvgIpc) is 3.34. The first kappa shape index (κ1) is 31.3. The molecule has 0 bridgehead atoms. The van der Waals surface area contributed by atoms with Crippen LogP contribution in [0.25, 0.3) is 11.6 Å². The number of terminal acetylenes is 1. The van der Waals surface area contributed by atoms with Crippen LogP contribution in [0.5, 0.6) is 0 Å². The molecule has 5 aliphatic rings. The maximum absolute atomic E-state index is 8.49. The van der Waals surface area contributed by atoms with E-state index in [4.69, 9.17) is 25.1 Å². The van der Waals surface area contributed by atoms with Crippen molar-refractivity contribution in [3.8, 4) is 12.3 Å². The smallest absolute Gasteiger partial charge is 0.235 e. The van der Waals surface area contributed by atoms with Gasteiger partial charge in [0.25, 0.3) is 0 Å². The lowest BCUT2D eigenvalue weighted by molar-refractivity contribution is -2.00. The van der Waals surface area contributed by atoms with Crippen LogP contribution in [0.2, 0.25) is 0 Å². The van der Waals surface area contributed by atoms with E-state index in [9.17, 15) is 0 Å². The van der Waals surface area contributed by atoms with Gasteiger partial charge in [0.15, 0.2) is 0 Å². The molecule has 3 unspecified atom stereocenters. The molecule has 230 valence electrons. The number of anilines is 1. The number of aryl methyl sites for hydroxylation is 1. The number of aromatic nitrogens is 1. The predicted molar refractivity (Wildman–Crippen MR) is 169 cm³/mol. The number of fused-ring (bicyclic) bond motifs is 1. The summed E-state index contributed by atoms with van der Waals surface area (Å²) in [5.74, 6) is 3.58. The molecule has 3 atom stereocenters. The van der Waals surface area contributed by atoms with Gasteiger partial charge in [-0.1, -0.05) is 83.1 Å². The lowest BCUT2D eigenvalue weighted by Crippen LogP contribution is -2.68. The molecule has 0 radical (unpaired) electrons. The zero-order valence-corrected chi connectivity index (χ0v) is 27.5. The number of hydrogen-bond acceptors (Lipinski definition) is 6. The Morgan fingerprint density at radius 3 is 2.33 bits per heavy atom. The lowest BCUT2D eigenvalue weighted by atomic mass is 9.61. The van der Waals surface area contributed by atoms with E-state index in [0.29, 0.717) is 5.92 Å². The fourth-order valence-electron chi connectivity index (χ4n) is 7.27. The van der Waals surface area contributed by atoms with Crippen LogP contribution in [0, 0.1) is 41.3 Å². The van der Waals surface area contributed by atoms with Gasteiger partial charge in [0.05, 0.1) is 5.92 Å². The van der Waals surface area contributed by atoms with Gasteiger partial charge in [0.1, 0.15) is 11.4 Å². The molecular formula is C37H35ClN2O4S. The van der Waals surface area contributed by atoms with Crippen molar-refractivity contribution < 1.29 is 33.4 Å². The highest BCUT2D eigenvalue weighted by Crippen LogP contribution is 2.56. The van der Waals surface area contributed by atoms with Crippen LogP contribution in [0.1, 0.15) is 47.3 Å². The van der Waals surface area contributed by atoms with Crippen molar-refractivity contribution in [3.63, 3.8) is 0 Å². The topological polar surface area (TPSA) is 99.4 Å². The number of thiazole rings is 1. The van der Waals surface area contributed by atoms with Crippen LogP contribution >= 0.6 is 11.3 Å². The summed E-state index contributed by atoms with van der Waals surface area (Å²) < 4.78 is 36.5. The van der Waals surface area contributed by atoms with Gasteiger partial charge in [-0.25, -0.2) is 18.6 Å². The van der Waals surface area contributed by atoms with Gasteiger partial charge in [-0.3, -0.25) is 0 Å². The van der Waals surface area contributed by atoms with E-state index in [-0.39, 0.29) is 11.8 Å². The summed E-state index contributed by atoms with van der Waals surface area (Å²) in [6.45, 7) is 7.78. The Balaban J connectivity index is 0.000000664. The summed E-state index contributed by atoms with van der Waals surface area (Å²) >= 11 is 1.91. The van der Waals surface area contributed by atoms with Gasteiger partial charge in [-0.15, -0.1) is 16.7 Å². The summed E-state index contributed by atoms with van der Waals surface area (Å²) in [6, 6.07) is 9.14. The van der Waals surface area contributed by atoms with Crippen molar-refractivity contribution in [1.29, 1.82) is 0 Å². The molecule has 0 aliphatic heterocycles. The molecule has 1 aromatic heterocycles. The Labute approximate surface area is 271 Å². The molecule has 7 rings (SSSR count). The molecule has 0 spiro atoms. The van der Waals surface area contributed by atoms with Crippen molar-refractivity contribution in [2.75, 3.05) is 19.0 Å². The molecule has 45 heavy (non-hydrogen) atoms. The van der Waals surface area contributed by atoms with Crippen molar-refractivity contribution in [3.05, 3.63) is 127 Å². The number of halogens is 1. The van der Waals surface area contributed by atoms with Crippen molar-refractivity contribution in [1.82, 2.24) is 0 Å². The summed E-state index contributed by atoms with van der Waals surface area (Å²) in [4.78, 5) is 3.54. The molecule has 0 saturated heterocycles. The van der Waals surface area contributed by atoms with Crippen molar-refractivity contribution >= 4 is 28.7 Å². The third kappa shape index (κ3) is 5.64. The first-order valence-electron chi connectivity index (χ1n) is 14.9. The maximum Gasteiger partial charge on any atom is 0.235 e. The van der Waals surface area contributed by atoms with Crippen LogP contribution < -0.4 is 28.1 Å². The molecule has 0 amide bonds. The lowest BCUT2D eigenvalue weighted by Gasteiger charge is -2.42. The second-order valence-corrected chi connectivity index (χ2v) is 13.9. The zero-order valence-electron chi connectivity index (χ0n) is 26.0. The highest BCUT2D eigenvalue weighted by atomic mass is 35.7. The van der Waals surface area contributed by atoms with E-state index in [0.717, 1.165) is 13.0 Å². The molecule has 6 nitrogen and oxygen atoms in total. The Morgan fingerprint density at radius 1 is 0.978 bits per heavy atom. The molecular weight excluding hydrogens is 604 g/mol. The maximum atomic E-state index is 8.49. The minimum atomic E-state index is -4.94. The number of rotatable bonds is 3. The Kier molecular flexibility index (Phi) is 8.25. The minimum absolute atomic E-state index is 0.0218. The van der Waals surface area contributed by atoms with Crippen LogP contribution in [-0.4, -0.2) is 14.1 Å². The Morgan fingerprint density at radius 2 is 1.69 bits per heavy atom. The third-order valence-corrected chi connectivity index (χ3v) is 10.3. The third-order valence-electron chi connectivity index (χ3n) is 9.28. The largest absolute Gasteiger partial charge is 0.378 e. The summed E-state index contributed by atoms with van der Waals surface area (Å²) in [7, 11) is -0.739. The quantitative estimate of drug-likeness (QED) is 0.380. The van der Waals surface area contributed by atoms with Crippen LogP contribution in [0.15, 0.2) is 106 Å². The predicted octanol–water partition coefficient (Wildman–Crippen LogP) is 3.13. The normalized spacial score (nSPS) is 24.3. The second-order valence-electron chi connectivity index (χ2n) is 11.9. The van der Waals surface area contributed by atoms with E-state index in [1.807, 2.05) is 11.3 Å². The molecule has 1 heterocycles. The summed E-state index contributed by atoms with van der Waals surface area (Å²) in [6.07, 6.45) is 25.7. The van der Waals surface area contributed by atoms with E-state index in [1.165, 1.54) is 71.4 Å². The minimum Gasteiger partial charge on any atom is -0.378 e. The van der Waals surface area contributed by atoms with Gasteiger partial charge in [0, 0.05) is 44.1 Å². The fourth-order valence-corrected chi connectivity index (χ4v) is 8.39. The van der Waals surface area contributed by atoms with Crippen LogP contribution in [-0.2, 0) is 6.54 Å². The Bertz CT molecular complexity index is 1860. The number of hydrogen-bond donors (Lipinski definition) is 0. The number of allylic oxidation sites excluding steroid dienone is 15. The molecule has 1 aromatic carbocycles. The molecule has 0 N–H and O–H groups in total. The van der Waals surface area contributed by atoms with Crippen molar-refractivity contribution in [2.24, 2.45) is 11.8 Å². The number of benzene rings is 1. The molecule has 5 aliphatic carbocycles. The van der Waals surface area contributed by atoms with Gasteiger partial charge in [-0.2, -0.15) is 4.57 Å². The molecule has 0 saturated carbocycles. The van der Waals surface area contributed by atoms with E-state index in [1.54, 1.807) is 0 Å². The van der Waals surface area contributed by atoms with Crippen LogP contribution in [0.3, 0.4) is 0 Å². The first-order valence-corrected chi connectivity index (χ1v) is 17.0. The molecule has 0 fully saturated rings. The second kappa shape index (κ2) is 11.9. The van der Waals surface area contributed by atoms with Gasteiger partial charge in [0.2, 0.25) is 10.7 Å². The standard InChI is InChI=1S/C37H35N2S.ClHO4/c1-7-24-13-18-30-32(21-31-22(3)9-10-26-14-17-28(24)35(30)34(26)31)36-29(25-11-15-27(16-12-25)38(5)6)19-20-33-37(36)39(8-2)23(4)40-33;2-1(3,4)5/h1,9-20,24,29,34H,8,21H2,2-6H3;(H,2,3,4,5)/q+1;/p-1. The van der Waals surface area contributed by atoms with E-state index in [2.05, 4.69) is 123 Å². The van der Waals surface area contributed by atoms with Crippen molar-refractivity contribution in [2.45, 2.75) is 39.7 Å². The Hall–Kier alpha value is -3.74. The van der Waals surface area contributed by atoms with Crippen LogP contribution in [0.4, 0.5) is 5.69 Å².